The summed E-state index contributed by atoms with van der Waals surface area (Å²) < 4.78 is 0. The molecule has 1 aromatic rings. The van der Waals surface area contributed by atoms with Gasteiger partial charge in [-0.15, -0.1) is 0 Å². The molecule has 1 aromatic carbocycles. The van der Waals surface area contributed by atoms with Gasteiger partial charge in [0.2, 0.25) is 53.2 Å². The van der Waals surface area contributed by atoms with Crippen molar-refractivity contribution in [1.82, 2.24) is 42.1 Å². The average Bonchev–Trinajstić information content (AvgIpc) is 3.86. The van der Waals surface area contributed by atoms with E-state index in [1.54, 1.807) is 0 Å². The summed E-state index contributed by atoms with van der Waals surface area (Å²) in [6.45, 7) is -0.927. The molecule has 436 valence electrons. The molecule has 0 aliphatic carbocycles. The van der Waals surface area contributed by atoms with Crippen molar-refractivity contribution in [3.8, 4) is 5.75 Å². The third-order valence-electron chi connectivity index (χ3n) is 11.5. The van der Waals surface area contributed by atoms with Crippen molar-refractivity contribution in [2.45, 2.75) is 125 Å². The van der Waals surface area contributed by atoms with Crippen LogP contribution in [0.4, 0.5) is 0 Å². The highest BCUT2D eigenvalue weighted by molar-refractivity contribution is 6.00. The van der Waals surface area contributed by atoms with Gasteiger partial charge in [-0.3, -0.25) is 67.5 Å². The fourth-order valence-electron chi connectivity index (χ4n) is 7.60. The normalized spacial score (nSPS) is 15.3. The Bertz CT molecular complexity index is 2450. The van der Waals surface area contributed by atoms with Gasteiger partial charge in [0, 0.05) is 32.5 Å². The lowest BCUT2D eigenvalue weighted by molar-refractivity contribution is -0.143. The second kappa shape index (κ2) is 32.9. The summed E-state index contributed by atoms with van der Waals surface area (Å²) >= 11 is 0. The lowest BCUT2D eigenvalue weighted by Crippen LogP contribution is -2.60. The largest absolute Gasteiger partial charge is 0.508 e. The lowest BCUT2D eigenvalue weighted by Gasteiger charge is -2.28. The van der Waals surface area contributed by atoms with E-state index in [0.717, 1.165) is 4.90 Å². The molecule has 0 radical (unpaired) electrons. The van der Waals surface area contributed by atoms with Crippen molar-refractivity contribution in [3.05, 3.63) is 29.8 Å². The van der Waals surface area contributed by atoms with Crippen LogP contribution in [0.5, 0.6) is 5.75 Å². The number of nitrogens with one attached hydrogen (secondary N) is 7. The first-order chi connectivity index (χ1) is 37.1. The zero-order valence-corrected chi connectivity index (χ0v) is 42.6. The number of hydrogen-bond acceptors (Lipinski definition) is 17. The van der Waals surface area contributed by atoms with E-state index in [-0.39, 0.29) is 82.2 Å². The number of likely N-dealkylation sites (tertiary alicyclic amines) is 1. The third-order valence-corrected chi connectivity index (χ3v) is 11.5. The minimum atomic E-state index is -2.19. The number of aliphatic carboxylic acids is 4. The van der Waals surface area contributed by atoms with Crippen molar-refractivity contribution >= 4 is 89.0 Å². The predicted molar refractivity (Wildman–Crippen MR) is 272 cm³/mol. The van der Waals surface area contributed by atoms with Crippen molar-refractivity contribution in [2.75, 3.05) is 26.2 Å². The standard InChI is InChI=1S/C45H68N16O18/c46-23(11-12-33(65)66)42(77)61-15-3-6-30(61)41(76)56-24(4-1-13-52-44(48)49)36(71)54-20-32(64)55-28(18-34(67)68)39(74)60-29(19-35(69)70)40(75)59-27(17-31(47)63)38(73)58-26(16-21-7-9-22(62)10-8-21)37(72)57-25(43(78)79)5-2-14-53-45(50)51/h7-10,23-30,62H,1-6,11-20,46H2,(H2,47,63)(H,54,71)(H,55,64)(H,56,76)(H,57,72)(H,58,73)(H,59,75)(H,60,74)(H,65,66)(H,67,68)(H,69,70)(H,78,79)(H4,48,49,52)(H4,50,51,53)/t23-,24-,25-,26-,27-,28-,29-,30-/m0/s1. The summed E-state index contributed by atoms with van der Waals surface area (Å²) in [5.41, 5.74) is 32.9. The zero-order valence-electron chi connectivity index (χ0n) is 42.6. The number of rotatable bonds is 35. The topological polar surface area (TPSA) is 591 Å². The number of primary amides is 1. The number of aromatic hydroxyl groups is 1. The first kappa shape index (κ1) is 65.7. The van der Waals surface area contributed by atoms with E-state index >= 15 is 0 Å². The zero-order chi connectivity index (χ0) is 59.5. The Balaban J connectivity index is 2.31. The first-order valence-electron chi connectivity index (χ1n) is 24.3. The van der Waals surface area contributed by atoms with Gasteiger partial charge >= 0.3 is 23.9 Å². The molecule has 0 spiro atoms. The van der Waals surface area contributed by atoms with Gasteiger partial charge in [0.25, 0.3) is 0 Å². The number of aliphatic imine (C=N–C) groups is 2. The van der Waals surface area contributed by atoms with Gasteiger partial charge in [-0.2, -0.15) is 0 Å². The number of hydrogen-bond donors (Lipinski definition) is 18. The molecule has 0 aromatic heterocycles. The van der Waals surface area contributed by atoms with Crippen molar-refractivity contribution in [1.29, 1.82) is 0 Å². The second-order valence-corrected chi connectivity index (χ2v) is 17.8. The number of guanidine groups is 2. The first-order valence-corrected chi connectivity index (χ1v) is 24.3. The van der Waals surface area contributed by atoms with E-state index < -0.39 is 158 Å². The van der Waals surface area contributed by atoms with Gasteiger partial charge in [0.1, 0.15) is 48.0 Å². The molecule has 0 saturated carbocycles. The molecule has 1 aliphatic rings. The monoisotopic (exact) mass is 1120 g/mol. The van der Waals surface area contributed by atoms with Gasteiger partial charge in [-0.25, -0.2) is 4.79 Å². The molecular weight excluding hydrogens is 1050 g/mol. The van der Waals surface area contributed by atoms with E-state index in [1.807, 2.05) is 10.6 Å². The number of phenolic OH excluding ortho intramolecular Hbond substituents is 1. The molecule has 0 bridgehead atoms. The lowest BCUT2D eigenvalue weighted by atomic mass is 10.0. The number of nitrogens with zero attached hydrogens (tertiary/aromatic N) is 3. The number of amides is 9. The molecule has 9 amide bonds. The van der Waals surface area contributed by atoms with Crippen LogP contribution in [0.25, 0.3) is 0 Å². The Labute approximate surface area is 449 Å². The highest BCUT2D eigenvalue weighted by atomic mass is 16.4. The van der Waals surface area contributed by atoms with Gasteiger partial charge in [-0.1, -0.05) is 12.1 Å². The SMILES string of the molecule is NC(=O)C[C@H](NC(=O)[C@H](CC(=O)O)NC(=O)[C@H](CC(=O)O)NC(=O)CNC(=O)[C@H](CCCN=C(N)N)NC(=O)[C@@H]1CCCN1C(=O)[C@@H](N)CCC(=O)O)C(=O)N[C@@H](Cc1ccc(O)cc1)C(=O)N[C@@H](CCCN=C(N)N)C(=O)O. The van der Waals surface area contributed by atoms with Crippen molar-refractivity contribution in [3.63, 3.8) is 0 Å². The van der Waals surface area contributed by atoms with E-state index in [1.165, 1.54) is 24.3 Å². The van der Waals surface area contributed by atoms with Crippen LogP contribution in [0, 0.1) is 0 Å². The van der Waals surface area contributed by atoms with E-state index in [2.05, 4.69) is 36.6 Å². The Kier molecular flexibility index (Phi) is 27.4. The van der Waals surface area contributed by atoms with Crippen LogP contribution in [0.1, 0.15) is 76.2 Å². The minimum absolute atomic E-state index is 0.0101. The Morgan fingerprint density at radius 1 is 0.582 bits per heavy atom. The van der Waals surface area contributed by atoms with Crippen LogP contribution < -0.4 is 71.6 Å². The van der Waals surface area contributed by atoms with E-state index in [9.17, 15) is 82.8 Å². The van der Waals surface area contributed by atoms with Crippen LogP contribution >= 0.6 is 0 Å². The predicted octanol–water partition coefficient (Wildman–Crippen LogP) is -7.84. The molecule has 1 heterocycles. The Morgan fingerprint density at radius 2 is 1.06 bits per heavy atom. The number of carbonyl (C=O) groups is 13. The smallest absolute Gasteiger partial charge is 0.326 e. The maximum atomic E-state index is 13.8. The van der Waals surface area contributed by atoms with Crippen LogP contribution in [-0.2, 0) is 68.7 Å². The molecule has 1 saturated heterocycles. The molecule has 1 aliphatic heterocycles. The number of carboxylic acids is 4. The van der Waals surface area contributed by atoms with Gasteiger partial charge in [0.05, 0.1) is 31.8 Å². The fourth-order valence-corrected chi connectivity index (χ4v) is 7.60. The van der Waals surface area contributed by atoms with Gasteiger partial charge in [-0.05, 0) is 62.6 Å². The molecule has 34 heteroatoms. The molecule has 2 rings (SSSR count). The molecule has 79 heavy (non-hydrogen) atoms. The quantitative estimate of drug-likeness (QED) is 0.0171. The number of carboxylic acid groups (broad SMARTS) is 4. The number of nitrogens with two attached hydrogens (primary N) is 6. The minimum Gasteiger partial charge on any atom is -0.508 e. The maximum absolute atomic E-state index is 13.8. The second-order valence-electron chi connectivity index (χ2n) is 17.8. The number of benzene rings is 1. The molecular formula is C45H68N16O18. The van der Waals surface area contributed by atoms with Crippen LogP contribution in [0.15, 0.2) is 34.3 Å². The number of carbonyl (C=O) groups excluding carboxylic acids is 9. The van der Waals surface area contributed by atoms with Gasteiger partial charge in [0.15, 0.2) is 11.9 Å². The summed E-state index contributed by atoms with van der Waals surface area (Å²) in [6, 6.07) is -8.16. The summed E-state index contributed by atoms with van der Waals surface area (Å²) in [5, 5.41) is 63.2. The van der Waals surface area contributed by atoms with Gasteiger partial charge < -0.3 is 102 Å². The van der Waals surface area contributed by atoms with Crippen LogP contribution in [-0.4, -0.2) is 194 Å². The van der Waals surface area contributed by atoms with E-state index in [0.29, 0.717) is 12.0 Å². The molecule has 1 fully saturated rings. The summed E-state index contributed by atoms with van der Waals surface area (Å²) in [5.74, 6) is -17.2. The molecule has 0 unspecified atom stereocenters. The molecule has 34 nitrogen and oxygen atoms in total. The summed E-state index contributed by atoms with van der Waals surface area (Å²) in [7, 11) is 0. The van der Waals surface area contributed by atoms with Crippen LogP contribution in [0.2, 0.25) is 0 Å². The maximum Gasteiger partial charge on any atom is 0.326 e. The fraction of sp³-hybridized carbons (Fsp3) is 0.533. The van der Waals surface area contributed by atoms with E-state index in [4.69, 9.17) is 39.5 Å². The average molecular weight is 1120 g/mol. The Morgan fingerprint density at radius 3 is 1.56 bits per heavy atom. The highest BCUT2D eigenvalue weighted by Crippen LogP contribution is 2.20. The number of phenols is 1. The van der Waals surface area contributed by atoms with Crippen molar-refractivity contribution < 1.29 is 87.9 Å². The molecule has 8 atom stereocenters. The summed E-state index contributed by atoms with van der Waals surface area (Å²) in [4.78, 5) is 176. The van der Waals surface area contributed by atoms with Crippen LogP contribution in [0.3, 0.4) is 0 Å². The molecule has 24 N–H and O–H groups in total. The van der Waals surface area contributed by atoms with Crippen molar-refractivity contribution in [2.24, 2.45) is 44.4 Å². The highest BCUT2D eigenvalue weighted by Gasteiger charge is 2.39. The summed E-state index contributed by atoms with van der Waals surface area (Å²) in [6.07, 6.45) is -4.20. The third kappa shape index (κ3) is 24.9. The Hall–Kier alpha value is -9.37.